The Labute approximate surface area is 142 Å². The minimum absolute atomic E-state index is 0.0858. The molecule has 25 heavy (non-hydrogen) atoms. The topological polar surface area (TPSA) is 101 Å². The average Bonchev–Trinajstić information content (AvgIpc) is 3.22. The van der Waals surface area contributed by atoms with Gasteiger partial charge in [-0.05, 0) is 24.3 Å². The summed E-state index contributed by atoms with van der Waals surface area (Å²) in [6.45, 7) is -0.293. The second-order valence-electron chi connectivity index (χ2n) is 5.13. The van der Waals surface area contributed by atoms with Crippen molar-refractivity contribution in [2.75, 3.05) is 13.2 Å². The van der Waals surface area contributed by atoms with Gasteiger partial charge in [-0.3, -0.25) is 14.5 Å². The van der Waals surface area contributed by atoms with Crippen LogP contribution in [0.1, 0.15) is 26.5 Å². The number of carbonyl (C=O) groups excluding carboxylic acids is 3. The van der Waals surface area contributed by atoms with E-state index in [1.54, 1.807) is 42.5 Å². The summed E-state index contributed by atoms with van der Waals surface area (Å²) in [7, 11) is 0. The molecule has 1 aromatic heterocycles. The van der Waals surface area contributed by atoms with E-state index >= 15 is 0 Å². The first-order chi connectivity index (χ1) is 12.1. The summed E-state index contributed by atoms with van der Waals surface area (Å²) in [5.74, 6) is -1.36. The van der Waals surface area contributed by atoms with Crippen molar-refractivity contribution < 1.29 is 23.5 Å². The largest absolute Gasteiger partial charge is 0.465 e. The number of ether oxygens (including phenoxy) is 1. The lowest BCUT2D eigenvalue weighted by Gasteiger charge is -2.13. The highest BCUT2D eigenvalue weighted by Crippen LogP contribution is 2.22. The van der Waals surface area contributed by atoms with E-state index in [2.05, 4.69) is 0 Å². The van der Waals surface area contributed by atoms with Gasteiger partial charge < -0.3 is 9.15 Å². The van der Waals surface area contributed by atoms with Crippen molar-refractivity contribution in [1.29, 1.82) is 5.26 Å². The molecule has 0 aliphatic carbocycles. The second kappa shape index (κ2) is 6.84. The molecule has 0 spiro atoms. The first-order valence-electron chi connectivity index (χ1n) is 7.39. The first-order valence-corrected chi connectivity index (χ1v) is 7.39. The van der Waals surface area contributed by atoms with Crippen LogP contribution in [0.15, 0.2) is 52.7 Å². The molecule has 7 nitrogen and oxygen atoms in total. The van der Waals surface area contributed by atoms with Gasteiger partial charge in [-0.15, -0.1) is 0 Å². The zero-order chi connectivity index (χ0) is 17.8. The molecule has 124 valence electrons. The number of amides is 2. The molecule has 1 aliphatic heterocycles. The second-order valence-corrected chi connectivity index (χ2v) is 5.13. The fraction of sp³-hybridized carbons (Fsp3) is 0.111. The highest BCUT2D eigenvalue weighted by atomic mass is 16.5. The van der Waals surface area contributed by atoms with E-state index in [9.17, 15) is 14.4 Å². The maximum absolute atomic E-state index is 12.2. The van der Waals surface area contributed by atoms with Gasteiger partial charge in [0.05, 0.1) is 23.9 Å². The van der Waals surface area contributed by atoms with Gasteiger partial charge >= 0.3 is 5.97 Å². The Morgan fingerprint density at radius 3 is 2.40 bits per heavy atom. The van der Waals surface area contributed by atoms with Gasteiger partial charge in [-0.25, -0.2) is 4.79 Å². The molecule has 0 saturated heterocycles. The standard InChI is InChI=1S/C18H12N2O5/c19-11-12(10-13-4-3-8-24-13)18(23)25-9-7-20-16(21)14-5-1-2-6-15(14)17(20)22/h1-6,8,10H,7,9H2/b12-10+. The number of rotatable bonds is 5. The molecule has 0 radical (unpaired) electrons. The number of imide groups is 1. The van der Waals surface area contributed by atoms with Gasteiger partial charge in [0.15, 0.2) is 0 Å². The average molecular weight is 336 g/mol. The third kappa shape index (κ3) is 3.19. The van der Waals surface area contributed by atoms with Crippen molar-refractivity contribution in [2.24, 2.45) is 0 Å². The highest BCUT2D eigenvalue weighted by molar-refractivity contribution is 6.21. The number of furan rings is 1. The van der Waals surface area contributed by atoms with Crippen molar-refractivity contribution in [1.82, 2.24) is 4.90 Å². The van der Waals surface area contributed by atoms with Crippen LogP contribution >= 0.6 is 0 Å². The van der Waals surface area contributed by atoms with Crippen LogP contribution in [0.2, 0.25) is 0 Å². The summed E-state index contributed by atoms with van der Waals surface area (Å²) in [5, 5.41) is 9.03. The zero-order valence-corrected chi connectivity index (χ0v) is 13.0. The van der Waals surface area contributed by atoms with E-state index in [4.69, 9.17) is 14.4 Å². The van der Waals surface area contributed by atoms with Crippen LogP contribution in [0, 0.1) is 11.3 Å². The fourth-order valence-corrected chi connectivity index (χ4v) is 2.40. The lowest BCUT2D eigenvalue weighted by atomic mass is 10.1. The molecular weight excluding hydrogens is 324 g/mol. The van der Waals surface area contributed by atoms with Crippen LogP contribution in [0.25, 0.3) is 6.08 Å². The van der Waals surface area contributed by atoms with Crippen LogP contribution in [0.4, 0.5) is 0 Å². The number of hydrogen-bond donors (Lipinski definition) is 0. The molecule has 2 aromatic rings. The number of hydrogen-bond acceptors (Lipinski definition) is 6. The number of nitrogens with zero attached hydrogens (tertiary/aromatic N) is 2. The van der Waals surface area contributed by atoms with Gasteiger partial charge in [0, 0.05) is 6.08 Å². The Balaban J connectivity index is 1.60. The van der Waals surface area contributed by atoms with E-state index in [1.807, 2.05) is 0 Å². The number of fused-ring (bicyclic) bond motifs is 1. The van der Waals surface area contributed by atoms with Crippen LogP contribution in [0.5, 0.6) is 0 Å². The first kappa shape index (κ1) is 16.2. The predicted octanol–water partition coefficient (Wildman–Crippen LogP) is 2.03. The molecular formula is C18H12N2O5. The van der Waals surface area contributed by atoms with E-state index in [1.165, 1.54) is 12.3 Å². The van der Waals surface area contributed by atoms with Crippen LogP contribution in [0.3, 0.4) is 0 Å². The van der Waals surface area contributed by atoms with Crippen molar-refractivity contribution in [2.45, 2.75) is 0 Å². The Morgan fingerprint density at radius 2 is 1.84 bits per heavy atom. The van der Waals surface area contributed by atoms with Gasteiger partial charge in [-0.1, -0.05) is 12.1 Å². The molecule has 0 unspecified atom stereocenters. The van der Waals surface area contributed by atoms with Crippen LogP contribution in [-0.4, -0.2) is 35.8 Å². The maximum Gasteiger partial charge on any atom is 0.349 e. The zero-order valence-electron chi connectivity index (χ0n) is 13.0. The molecule has 1 aliphatic rings. The monoisotopic (exact) mass is 336 g/mol. The van der Waals surface area contributed by atoms with Gasteiger partial charge in [0.2, 0.25) is 0 Å². The molecule has 2 amide bonds. The number of nitriles is 1. The normalized spacial score (nSPS) is 13.6. The molecule has 1 aromatic carbocycles. The molecule has 0 N–H and O–H groups in total. The van der Waals surface area contributed by atoms with Gasteiger partial charge in [-0.2, -0.15) is 5.26 Å². The van der Waals surface area contributed by atoms with Crippen molar-refractivity contribution >= 4 is 23.9 Å². The molecule has 0 fully saturated rings. The maximum atomic E-state index is 12.2. The Hall–Kier alpha value is -3.66. The van der Waals surface area contributed by atoms with E-state index in [0.717, 1.165) is 4.90 Å². The lowest BCUT2D eigenvalue weighted by Crippen LogP contribution is -2.33. The summed E-state index contributed by atoms with van der Waals surface area (Å²) >= 11 is 0. The third-order valence-corrected chi connectivity index (χ3v) is 3.60. The Bertz CT molecular complexity index is 871. The SMILES string of the molecule is N#C/C(=C\c1ccco1)C(=O)OCCN1C(=O)c2ccccc2C1=O. The van der Waals surface area contributed by atoms with E-state index < -0.39 is 17.8 Å². The summed E-state index contributed by atoms with van der Waals surface area (Å²) in [6, 6.07) is 11.4. The quantitative estimate of drug-likeness (QED) is 0.358. The lowest BCUT2D eigenvalue weighted by molar-refractivity contribution is -0.138. The molecule has 0 saturated carbocycles. The summed E-state index contributed by atoms with van der Waals surface area (Å²) < 4.78 is 10.0. The van der Waals surface area contributed by atoms with Crippen molar-refractivity contribution in [3.63, 3.8) is 0 Å². The van der Waals surface area contributed by atoms with Gasteiger partial charge in [0.1, 0.15) is 24.0 Å². The number of benzene rings is 1. The highest BCUT2D eigenvalue weighted by Gasteiger charge is 2.34. The third-order valence-electron chi connectivity index (χ3n) is 3.60. The Morgan fingerprint density at radius 1 is 1.16 bits per heavy atom. The van der Waals surface area contributed by atoms with Crippen molar-refractivity contribution in [3.8, 4) is 6.07 Å². The molecule has 0 bridgehead atoms. The number of carbonyl (C=O) groups is 3. The molecule has 3 rings (SSSR count). The predicted molar refractivity (Wildman–Crippen MR) is 85.1 cm³/mol. The summed E-state index contributed by atoms with van der Waals surface area (Å²) in [4.78, 5) is 37.3. The van der Waals surface area contributed by atoms with Crippen LogP contribution in [-0.2, 0) is 9.53 Å². The van der Waals surface area contributed by atoms with E-state index in [0.29, 0.717) is 16.9 Å². The van der Waals surface area contributed by atoms with Crippen LogP contribution < -0.4 is 0 Å². The molecule has 2 heterocycles. The molecule has 7 heteroatoms. The van der Waals surface area contributed by atoms with Gasteiger partial charge in [0.25, 0.3) is 11.8 Å². The minimum atomic E-state index is -0.851. The smallest absolute Gasteiger partial charge is 0.349 e. The van der Waals surface area contributed by atoms with Crippen molar-refractivity contribution in [3.05, 3.63) is 65.1 Å². The molecule has 0 atom stereocenters. The summed E-state index contributed by atoms with van der Waals surface area (Å²) in [6.07, 6.45) is 2.67. The fourth-order valence-electron chi connectivity index (χ4n) is 2.40. The Kier molecular flexibility index (Phi) is 4.44. The summed E-state index contributed by atoms with van der Waals surface area (Å²) in [5.41, 5.74) is 0.417. The number of esters is 1. The van der Waals surface area contributed by atoms with E-state index in [-0.39, 0.29) is 18.7 Å². The minimum Gasteiger partial charge on any atom is -0.465 e.